The van der Waals surface area contributed by atoms with Crippen molar-refractivity contribution in [2.45, 2.75) is 45.6 Å². The molecular formula is C31H28F4N2O4. The average Bonchev–Trinajstić information content (AvgIpc) is 2.96. The minimum absolute atomic E-state index is 0.0164. The number of fused-ring (bicyclic) bond motifs is 1. The van der Waals surface area contributed by atoms with Crippen molar-refractivity contribution < 1.29 is 31.6 Å². The summed E-state index contributed by atoms with van der Waals surface area (Å²) >= 11 is 0. The van der Waals surface area contributed by atoms with Crippen molar-refractivity contribution >= 4 is 22.8 Å². The second-order valence-corrected chi connectivity index (χ2v) is 9.73. The Hall–Kier alpha value is -4.47. The van der Waals surface area contributed by atoms with Crippen molar-refractivity contribution in [1.29, 1.82) is 0 Å². The van der Waals surface area contributed by atoms with Crippen molar-refractivity contribution in [2.75, 3.05) is 6.54 Å². The highest BCUT2D eigenvalue weighted by atomic mass is 19.4. The van der Waals surface area contributed by atoms with Crippen LogP contribution in [0.15, 0.2) is 88.3 Å². The molecule has 0 aliphatic heterocycles. The minimum Gasteiger partial charge on any atom is -0.464 e. The van der Waals surface area contributed by atoms with Gasteiger partial charge in [0.2, 0.25) is 5.91 Å². The molecule has 1 atom stereocenters. The Morgan fingerprint density at radius 1 is 0.951 bits per heavy atom. The number of hydrogen-bond donors (Lipinski definition) is 0. The van der Waals surface area contributed by atoms with Crippen LogP contribution in [0.4, 0.5) is 17.6 Å². The molecule has 4 rings (SSSR count). The summed E-state index contributed by atoms with van der Waals surface area (Å²) in [6.07, 6.45) is -2.93. The first-order valence-corrected chi connectivity index (χ1v) is 13.0. The summed E-state index contributed by atoms with van der Waals surface area (Å²) < 4.78 is 59.0. The zero-order valence-electron chi connectivity index (χ0n) is 22.5. The molecule has 0 spiro atoms. The Morgan fingerprint density at radius 2 is 1.66 bits per heavy atom. The number of halogens is 4. The van der Waals surface area contributed by atoms with E-state index in [2.05, 4.69) is 0 Å². The van der Waals surface area contributed by atoms with Crippen molar-refractivity contribution in [3.63, 3.8) is 0 Å². The van der Waals surface area contributed by atoms with E-state index in [9.17, 15) is 31.9 Å². The van der Waals surface area contributed by atoms with Crippen LogP contribution in [0.5, 0.6) is 0 Å². The predicted molar refractivity (Wildman–Crippen MR) is 145 cm³/mol. The molecule has 1 aromatic heterocycles. The highest BCUT2D eigenvalue weighted by Gasteiger charge is 2.32. The molecule has 3 aromatic carbocycles. The molecule has 0 aliphatic rings. The average molecular weight is 569 g/mol. The van der Waals surface area contributed by atoms with Gasteiger partial charge in [0.15, 0.2) is 5.43 Å². The fraction of sp³-hybridized carbons (Fsp3) is 0.258. The summed E-state index contributed by atoms with van der Waals surface area (Å²) in [5.41, 5.74) is -0.356. The van der Waals surface area contributed by atoms with Crippen molar-refractivity contribution in [2.24, 2.45) is 0 Å². The van der Waals surface area contributed by atoms with Crippen LogP contribution in [-0.2, 0) is 24.1 Å². The lowest BCUT2D eigenvalue weighted by atomic mass is 10.1. The van der Waals surface area contributed by atoms with Gasteiger partial charge in [-0.15, -0.1) is 0 Å². The monoisotopic (exact) mass is 568 g/mol. The van der Waals surface area contributed by atoms with Crippen LogP contribution in [0.25, 0.3) is 11.0 Å². The molecule has 0 saturated heterocycles. The van der Waals surface area contributed by atoms with E-state index >= 15 is 0 Å². The number of nitrogens with zero attached hydrogens (tertiary/aromatic N) is 2. The molecule has 10 heteroatoms. The quantitative estimate of drug-likeness (QED) is 0.219. The molecule has 1 unspecified atom stereocenters. The summed E-state index contributed by atoms with van der Waals surface area (Å²) in [5.74, 6) is -1.75. The molecule has 1 heterocycles. The van der Waals surface area contributed by atoms with Gasteiger partial charge < -0.3 is 14.2 Å². The molecule has 41 heavy (non-hydrogen) atoms. The first-order chi connectivity index (χ1) is 19.5. The van der Waals surface area contributed by atoms with E-state index in [1.165, 1.54) is 46.4 Å². The number of benzene rings is 3. The molecule has 2 amide bonds. The Labute approximate surface area is 233 Å². The van der Waals surface area contributed by atoms with Gasteiger partial charge in [0, 0.05) is 18.2 Å². The Bertz CT molecular complexity index is 1600. The van der Waals surface area contributed by atoms with E-state index in [0.717, 1.165) is 18.2 Å². The van der Waals surface area contributed by atoms with E-state index in [1.807, 2.05) is 0 Å². The summed E-state index contributed by atoms with van der Waals surface area (Å²) in [6.45, 7) is 2.84. The van der Waals surface area contributed by atoms with Crippen LogP contribution < -0.4 is 5.43 Å². The molecule has 4 aromatic rings. The van der Waals surface area contributed by atoms with Crippen molar-refractivity contribution in [3.05, 3.63) is 117 Å². The maximum absolute atomic E-state index is 13.7. The van der Waals surface area contributed by atoms with Gasteiger partial charge in [0.05, 0.1) is 29.3 Å². The molecular weight excluding hydrogens is 540 g/mol. The third-order valence-corrected chi connectivity index (χ3v) is 6.88. The SMILES string of the molecule is CCC(C)N(CC(=O)N(Cc1ccc(F)cc1)Cc1coc2ccccc2c1=O)C(=O)c1cccc(C(F)(F)F)c1. The van der Waals surface area contributed by atoms with Crippen LogP contribution >= 0.6 is 0 Å². The fourth-order valence-electron chi connectivity index (χ4n) is 4.36. The summed E-state index contributed by atoms with van der Waals surface area (Å²) in [5, 5.41) is 0.333. The second-order valence-electron chi connectivity index (χ2n) is 9.73. The summed E-state index contributed by atoms with van der Waals surface area (Å²) in [6, 6.07) is 15.7. The van der Waals surface area contributed by atoms with E-state index in [4.69, 9.17) is 4.42 Å². The minimum atomic E-state index is -4.64. The van der Waals surface area contributed by atoms with Crippen LogP contribution in [0, 0.1) is 5.82 Å². The van der Waals surface area contributed by atoms with E-state index < -0.39 is 42.0 Å². The number of amides is 2. The summed E-state index contributed by atoms with van der Waals surface area (Å²) in [7, 11) is 0. The maximum atomic E-state index is 13.7. The molecule has 214 valence electrons. The van der Waals surface area contributed by atoms with Gasteiger partial charge in [-0.3, -0.25) is 14.4 Å². The normalized spacial score (nSPS) is 12.2. The molecule has 0 fully saturated rings. The zero-order chi connectivity index (χ0) is 29.7. The van der Waals surface area contributed by atoms with Gasteiger partial charge in [0.1, 0.15) is 17.9 Å². The zero-order valence-corrected chi connectivity index (χ0v) is 22.5. The third-order valence-electron chi connectivity index (χ3n) is 6.88. The molecule has 6 nitrogen and oxygen atoms in total. The predicted octanol–water partition coefficient (Wildman–Crippen LogP) is 6.42. The Kier molecular flexibility index (Phi) is 8.90. The highest BCUT2D eigenvalue weighted by Crippen LogP contribution is 2.30. The highest BCUT2D eigenvalue weighted by molar-refractivity contribution is 5.97. The Morgan fingerprint density at radius 3 is 2.34 bits per heavy atom. The second kappa shape index (κ2) is 12.4. The lowest BCUT2D eigenvalue weighted by Crippen LogP contribution is -2.46. The lowest BCUT2D eigenvalue weighted by Gasteiger charge is -2.31. The number of alkyl halides is 3. The van der Waals surface area contributed by atoms with E-state index in [1.54, 1.807) is 38.1 Å². The maximum Gasteiger partial charge on any atom is 0.416 e. The lowest BCUT2D eigenvalue weighted by molar-refractivity contribution is -0.137. The number of para-hydroxylation sites is 1. The van der Waals surface area contributed by atoms with Gasteiger partial charge in [0.25, 0.3) is 5.91 Å². The first kappa shape index (κ1) is 29.5. The van der Waals surface area contributed by atoms with Gasteiger partial charge in [-0.2, -0.15) is 13.2 Å². The van der Waals surface area contributed by atoms with Gasteiger partial charge in [-0.05, 0) is 61.4 Å². The first-order valence-electron chi connectivity index (χ1n) is 13.0. The fourth-order valence-corrected chi connectivity index (χ4v) is 4.36. The number of rotatable bonds is 9. The van der Waals surface area contributed by atoms with Gasteiger partial charge in [-0.1, -0.05) is 37.3 Å². The van der Waals surface area contributed by atoms with E-state index in [-0.39, 0.29) is 29.6 Å². The van der Waals surface area contributed by atoms with Gasteiger partial charge >= 0.3 is 6.18 Å². The molecule has 0 radical (unpaired) electrons. The summed E-state index contributed by atoms with van der Waals surface area (Å²) in [4.78, 5) is 42.9. The van der Waals surface area contributed by atoms with Crippen LogP contribution in [-0.4, -0.2) is 34.2 Å². The standard InChI is InChI=1S/C31H28F4N2O4/c1-3-20(2)37(30(40)22-7-6-8-24(15-22)31(33,34)35)18-28(38)36(16-21-11-13-25(32)14-12-21)17-23-19-41-27-10-5-4-9-26(27)29(23)39/h4-15,19-20H,3,16-18H2,1-2H3. The van der Waals surface area contributed by atoms with Crippen LogP contribution in [0.1, 0.15) is 47.3 Å². The Balaban J connectivity index is 1.66. The van der Waals surface area contributed by atoms with Crippen molar-refractivity contribution in [3.8, 4) is 0 Å². The smallest absolute Gasteiger partial charge is 0.416 e. The molecule has 0 saturated carbocycles. The largest absolute Gasteiger partial charge is 0.464 e. The topological polar surface area (TPSA) is 70.8 Å². The van der Waals surface area contributed by atoms with E-state index in [0.29, 0.717) is 23.0 Å². The third kappa shape index (κ3) is 7.00. The van der Waals surface area contributed by atoms with Crippen LogP contribution in [0.2, 0.25) is 0 Å². The van der Waals surface area contributed by atoms with Crippen LogP contribution in [0.3, 0.4) is 0 Å². The number of hydrogen-bond acceptors (Lipinski definition) is 4. The number of carbonyl (C=O) groups is 2. The number of carbonyl (C=O) groups excluding carboxylic acids is 2. The van der Waals surface area contributed by atoms with Gasteiger partial charge in [-0.25, -0.2) is 4.39 Å². The molecule has 0 bridgehead atoms. The molecule has 0 N–H and O–H groups in total. The molecule has 0 aliphatic carbocycles. The van der Waals surface area contributed by atoms with Crippen molar-refractivity contribution in [1.82, 2.24) is 9.80 Å².